The molecule has 17 heavy (non-hydrogen) atoms. The molecule has 1 N–H and O–H groups in total. The van der Waals surface area contributed by atoms with E-state index >= 15 is 0 Å². The van der Waals surface area contributed by atoms with Crippen molar-refractivity contribution in [2.24, 2.45) is 0 Å². The zero-order valence-electron chi connectivity index (χ0n) is 9.72. The molecule has 2 heterocycles. The van der Waals surface area contributed by atoms with Crippen molar-refractivity contribution in [1.29, 1.82) is 0 Å². The molecule has 0 spiro atoms. The van der Waals surface area contributed by atoms with Crippen LogP contribution in [0.1, 0.15) is 25.3 Å². The van der Waals surface area contributed by atoms with Crippen LogP contribution in [-0.4, -0.2) is 18.7 Å². The van der Waals surface area contributed by atoms with Crippen molar-refractivity contribution in [1.82, 2.24) is 5.32 Å². The molecule has 3 rings (SSSR count). The van der Waals surface area contributed by atoms with E-state index in [0.717, 1.165) is 31.6 Å². The second-order valence-electron chi connectivity index (χ2n) is 5.08. The smallest absolute Gasteiger partial charge is 0.107 e. The van der Waals surface area contributed by atoms with Gasteiger partial charge in [0.15, 0.2) is 0 Å². The van der Waals surface area contributed by atoms with Gasteiger partial charge in [0.2, 0.25) is 0 Å². The van der Waals surface area contributed by atoms with Gasteiger partial charge in [0.05, 0.1) is 16.7 Å². The number of fused-ring (bicyclic) bond motifs is 2. The molecule has 2 bridgehead atoms. The Morgan fingerprint density at radius 3 is 2.71 bits per heavy atom. The zero-order chi connectivity index (χ0) is 12.1. The minimum absolute atomic E-state index is 0.159. The van der Waals surface area contributed by atoms with Gasteiger partial charge in [0.25, 0.3) is 0 Å². The average Bonchev–Trinajstić information content (AvgIpc) is 2.90. The number of halogens is 2. The first-order valence-corrected chi connectivity index (χ1v) is 6.69. The highest BCUT2D eigenvalue weighted by molar-refractivity contribution is 6.42. The molecule has 2 atom stereocenters. The summed E-state index contributed by atoms with van der Waals surface area (Å²) in [5.74, 6) is 0. The molecule has 4 heteroatoms. The fourth-order valence-electron chi connectivity index (χ4n) is 2.90. The van der Waals surface area contributed by atoms with Crippen LogP contribution in [0.25, 0.3) is 0 Å². The number of morpholine rings is 1. The average molecular weight is 272 g/mol. The Balaban J connectivity index is 1.97. The predicted octanol–water partition coefficient (Wildman–Crippen LogP) is 3.36. The molecule has 0 saturated carbocycles. The summed E-state index contributed by atoms with van der Waals surface area (Å²) in [6, 6.07) is 5.80. The maximum absolute atomic E-state index is 6.09. The number of hydrogen-bond acceptors (Lipinski definition) is 2. The van der Waals surface area contributed by atoms with Crippen molar-refractivity contribution in [2.75, 3.05) is 13.2 Å². The molecule has 2 saturated heterocycles. The van der Waals surface area contributed by atoms with Crippen molar-refractivity contribution < 1.29 is 4.74 Å². The van der Waals surface area contributed by atoms with Crippen molar-refractivity contribution in [2.45, 2.75) is 30.9 Å². The summed E-state index contributed by atoms with van der Waals surface area (Å²) in [6.07, 6.45) is 2.12. The Morgan fingerprint density at radius 2 is 2.18 bits per heavy atom. The first kappa shape index (κ1) is 11.8. The van der Waals surface area contributed by atoms with Crippen LogP contribution >= 0.6 is 23.2 Å². The maximum Gasteiger partial charge on any atom is 0.107 e. The first-order chi connectivity index (χ1) is 8.09. The van der Waals surface area contributed by atoms with Gasteiger partial charge in [-0.1, -0.05) is 36.2 Å². The third-order valence-electron chi connectivity index (χ3n) is 4.12. The molecule has 2 fully saturated rings. The van der Waals surface area contributed by atoms with E-state index in [1.807, 2.05) is 18.2 Å². The molecule has 0 amide bonds. The summed E-state index contributed by atoms with van der Waals surface area (Å²) in [4.78, 5) is 0. The number of rotatable bonds is 2. The van der Waals surface area contributed by atoms with Crippen molar-refractivity contribution in [3.63, 3.8) is 0 Å². The minimum Gasteiger partial charge on any atom is -0.367 e. The van der Waals surface area contributed by atoms with Crippen molar-refractivity contribution >= 4 is 23.2 Å². The molecule has 0 aliphatic carbocycles. The summed E-state index contributed by atoms with van der Waals surface area (Å²) in [5.41, 5.74) is 1.09. The predicted molar refractivity (Wildman–Crippen MR) is 69.7 cm³/mol. The quantitative estimate of drug-likeness (QED) is 0.891. The highest BCUT2D eigenvalue weighted by Crippen LogP contribution is 2.47. The van der Waals surface area contributed by atoms with E-state index in [-0.39, 0.29) is 11.1 Å². The number of nitrogens with one attached hydrogen (secondary N) is 1. The van der Waals surface area contributed by atoms with Crippen molar-refractivity contribution in [3.8, 4) is 0 Å². The summed E-state index contributed by atoms with van der Waals surface area (Å²) < 4.78 is 6.05. The van der Waals surface area contributed by atoms with E-state index in [4.69, 9.17) is 27.9 Å². The molecule has 2 aliphatic heterocycles. The van der Waals surface area contributed by atoms with Crippen LogP contribution in [0.4, 0.5) is 0 Å². The summed E-state index contributed by atoms with van der Waals surface area (Å²) >= 11 is 12.0. The van der Waals surface area contributed by atoms with Crippen LogP contribution in [0.3, 0.4) is 0 Å². The van der Waals surface area contributed by atoms with Gasteiger partial charge in [-0.15, -0.1) is 0 Å². The van der Waals surface area contributed by atoms with Crippen LogP contribution in [0.2, 0.25) is 10.0 Å². The highest BCUT2D eigenvalue weighted by Gasteiger charge is 2.55. The molecular weight excluding hydrogens is 257 g/mol. The van der Waals surface area contributed by atoms with Gasteiger partial charge in [-0.2, -0.15) is 0 Å². The fraction of sp³-hybridized carbons (Fsp3) is 0.538. The maximum atomic E-state index is 6.09. The van der Waals surface area contributed by atoms with Crippen LogP contribution < -0.4 is 5.32 Å². The molecule has 2 nitrogen and oxygen atoms in total. The van der Waals surface area contributed by atoms with E-state index in [1.54, 1.807) is 0 Å². The van der Waals surface area contributed by atoms with E-state index in [2.05, 4.69) is 12.2 Å². The largest absolute Gasteiger partial charge is 0.367 e. The van der Waals surface area contributed by atoms with Gasteiger partial charge in [-0.3, -0.25) is 0 Å². The standard InChI is InChI=1S/C13H15Cl2NO/c1-2-12-6-13(7-16-12,17-8-12)9-3-4-10(14)11(15)5-9/h3-5,16H,2,6-8H2,1H3. The zero-order valence-corrected chi connectivity index (χ0v) is 11.2. The molecule has 92 valence electrons. The Bertz CT molecular complexity index is 453. The monoisotopic (exact) mass is 271 g/mol. The molecule has 1 aromatic carbocycles. The molecule has 0 aromatic heterocycles. The lowest BCUT2D eigenvalue weighted by molar-refractivity contribution is -0.0187. The Morgan fingerprint density at radius 1 is 1.35 bits per heavy atom. The topological polar surface area (TPSA) is 21.3 Å². The van der Waals surface area contributed by atoms with Gasteiger partial charge in [-0.05, 0) is 24.1 Å². The van der Waals surface area contributed by atoms with Gasteiger partial charge < -0.3 is 10.1 Å². The number of hydrogen-bond donors (Lipinski definition) is 1. The lowest BCUT2D eigenvalue weighted by Gasteiger charge is -2.29. The van der Waals surface area contributed by atoms with Crippen LogP contribution in [0.15, 0.2) is 18.2 Å². The molecule has 0 radical (unpaired) electrons. The fourth-order valence-corrected chi connectivity index (χ4v) is 3.20. The van der Waals surface area contributed by atoms with Gasteiger partial charge in [0.1, 0.15) is 5.60 Å². The van der Waals surface area contributed by atoms with E-state index < -0.39 is 0 Å². The van der Waals surface area contributed by atoms with Gasteiger partial charge in [-0.25, -0.2) is 0 Å². The minimum atomic E-state index is -0.204. The highest BCUT2D eigenvalue weighted by atomic mass is 35.5. The summed E-state index contributed by atoms with van der Waals surface area (Å²) in [6.45, 7) is 3.84. The SMILES string of the molecule is CCC12COC(c3ccc(Cl)c(Cl)c3)(CN1)C2. The lowest BCUT2D eigenvalue weighted by atomic mass is 9.87. The lowest BCUT2D eigenvalue weighted by Crippen LogP contribution is -2.45. The Hall–Kier alpha value is -0.280. The van der Waals surface area contributed by atoms with E-state index in [0.29, 0.717) is 10.0 Å². The summed E-state index contributed by atoms with van der Waals surface area (Å²) in [5, 5.41) is 4.79. The third-order valence-corrected chi connectivity index (χ3v) is 4.86. The van der Waals surface area contributed by atoms with Gasteiger partial charge in [0, 0.05) is 18.5 Å². The van der Waals surface area contributed by atoms with Crippen LogP contribution in [-0.2, 0) is 10.3 Å². The Labute approximate surface area is 111 Å². The second kappa shape index (κ2) is 3.86. The van der Waals surface area contributed by atoms with Gasteiger partial charge >= 0.3 is 0 Å². The first-order valence-electron chi connectivity index (χ1n) is 5.94. The van der Waals surface area contributed by atoms with Crippen LogP contribution in [0.5, 0.6) is 0 Å². The second-order valence-corrected chi connectivity index (χ2v) is 5.89. The molecule has 1 aromatic rings. The Kier molecular flexibility index (Phi) is 2.67. The van der Waals surface area contributed by atoms with E-state index in [9.17, 15) is 0 Å². The molecule has 2 aliphatic rings. The molecule has 2 unspecified atom stereocenters. The number of ether oxygens (including phenoxy) is 1. The summed E-state index contributed by atoms with van der Waals surface area (Å²) in [7, 11) is 0. The van der Waals surface area contributed by atoms with Crippen LogP contribution in [0, 0.1) is 0 Å². The van der Waals surface area contributed by atoms with E-state index in [1.165, 1.54) is 0 Å². The molecular formula is C13H15Cl2NO. The normalized spacial score (nSPS) is 35.5. The number of benzene rings is 1. The van der Waals surface area contributed by atoms with Crippen molar-refractivity contribution in [3.05, 3.63) is 33.8 Å². The third kappa shape index (κ3) is 1.70.